The Hall–Kier alpha value is -2.66. The number of aliphatic imine (C=N–C) groups is 1. The van der Waals surface area contributed by atoms with Crippen molar-refractivity contribution in [3.8, 4) is 5.75 Å². The number of aromatic hydroxyl groups is 1. The first-order valence-electron chi connectivity index (χ1n) is 8.28. The molecule has 0 aliphatic heterocycles. The van der Waals surface area contributed by atoms with Crippen LogP contribution in [-0.4, -0.2) is 26.8 Å². The van der Waals surface area contributed by atoms with Crippen LogP contribution in [0.15, 0.2) is 60.0 Å². The summed E-state index contributed by atoms with van der Waals surface area (Å²) in [4.78, 5) is 11.8. The van der Waals surface area contributed by atoms with Gasteiger partial charge in [0, 0.05) is 35.3 Å². The van der Waals surface area contributed by atoms with Crippen LogP contribution in [0.4, 0.5) is 4.39 Å². The van der Waals surface area contributed by atoms with E-state index in [2.05, 4.69) is 9.97 Å². The molecule has 3 aromatic rings. The van der Waals surface area contributed by atoms with Crippen molar-refractivity contribution >= 4 is 17.3 Å². The standard InChI is InChI=1S/C20H19ClFN3O/c1-13(8-17-11-23-12-24-17)25-19(9-14-2-4-15(21)5-3-14)18-10-16(22)6-7-20(18)26/h2-7,10-13,26H,8-9H2,1H3,(H,23,24)/t13-/m1/s1. The molecule has 6 heteroatoms. The zero-order valence-electron chi connectivity index (χ0n) is 14.3. The van der Waals surface area contributed by atoms with E-state index in [4.69, 9.17) is 16.6 Å². The Balaban J connectivity index is 1.93. The number of phenolic OH excluding ortho intramolecular Hbond substituents is 1. The molecule has 0 radical (unpaired) electrons. The fraction of sp³-hybridized carbons (Fsp3) is 0.200. The van der Waals surface area contributed by atoms with E-state index in [9.17, 15) is 9.50 Å². The molecular weight excluding hydrogens is 353 g/mol. The Morgan fingerprint density at radius 2 is 2.04 bits per heavy atom. The van der Waals surface area contributed by atoms with E-state index in [0.717, 1.165) is 11.3 Å². The molecule has 1 heterocycles. The van der Waals surface area contributed by atoms with Crippen molar-refractivity contribution in [2.45, 2.75) is 25.8 Å². The van der Waals surface area contributed by atoms with Gasteiger partial charge < -0.3 is 10.1 Å². The minimum atomic E-state index is -0.414. The number of benzene rings is 2. The fourth-order valence-electron chi connectivity index (χ4n) is 2.77. The van der Waals surface area contributed by atoms with Crippen LogP contribution in [0.1, 0.15) is 23.7 Å². The molecule has 0 saturated carbocycles. The third-order valence-electron chi connectivity index (χ3n) is 4.00. The summed E-state index contributed by atoms with van der Waals surface area (Å²) >= 11 is 5.95. The van der Waals surface area contributed by atoms with Crippen LogP contribution in [0.25, 0.3) is 0 Å². The summed E-state index contributed by atoms with van der Waals surface area (Å²) in [5.41, 5.74) is 2.97. The van der Waals surface area contributed by atoms with Gasteiger partial charge in [-0.15, -0.1) is 0 Å². The first-order chi connectivity index (χ1) is 12.5. The quantitative estimate of drug-likeness (QED) is 0.623. The summed E-state index contributed by atoms with van der Waals surface area (Å²) in [6.07, 6.45) is 4.50. The Morgan fingerprint density at radius 3 is 2.73 bits per heavy atom. The zero-order chi connectivity index (χ0) is 18.5. The second-order valence-corrected chi connectivity index (χ2v) is 6.61. The summed E-state index contributed by atoms with van der Waals surface area (Å²) in [5, 5.41) is 10.9. The molecule has 0 spiro atoms. The predicted molar refractivity (Wildman–Crippen MR) is 102 cm³/mol. The number of aromatic nitrogens is 2. The van der Waals surface area contributed by atoms with Crippen molar-refractivity contribution in [3.05, 3.63) is 82.6 Å². The number of halogens is 2. The van der Waals surface area contributed by atoms with Crippen molar-refractivity contribution in [1.29, 1.82) is 0 Å². The van der Waals surface area contributed by atoms with E-state index >= 15 is 0 Å². The van der Waals surface area contributed by atoms with Gasteiger partial charge in [0.25, 0.3) is 0 Å². The van der Waals surface area contributed by atoms with Crippen molar-refractivity contribution in [2.24, 2.45) is 4.99 Å². The van der Waals surface area contributed by atoms with Crippen LogP contribution in [-0.2, 0) is 12.8 Å². The van der Waals surface area contributed by atoms with Gasteiger partial charge in [0.2, 0.25) is 0 Å². The summed E-state index contributed by atoms with van der Waals surface area (Å²) in [5.74, 6) is -0.407. The third kappa shape index (κ3) is 4.70. The molecule has 134 valence electrons. The van der Waals surface area contributed by atoms with E-state index in [0.29, 0.717) is 29.1 Å². The van der Waals surface area contributed by atoms with Crippen LogP contribution in [0, 0.1) is 5.82 Å². The van der Waals surface area contributed by atoms with Gasteiger partial charge in [-0.05, 0) is 42.8 Å². The maximum Gasteiger partial charge on any atom is 0.124 e. The molecule has 0 amide bonds. The molecule has 4 nitrogen and oxygen atoms in total. The monoisotopic (exact) mass is 371 g/mol. The lowest BCUT2D eigenvalue weighted by molar-refractivity contribution is 0.471. The molecule has 3 rings (SSSR count). The van der Waals surface area contributed by atoms with Crippen LogP contribution in [0.5, 0.6) is 5.75 Å². The molecule has 1 aromatic heterocycles. The van der Waals surface area contributed by atoms with Gasteiger partial charge in [-0.2, -0.15) is 0 Å². The summed E-state index contributed by atoms with van der Waals surface area (Å²) in [6.45, 7) is 1.97. The van der Waals surface area contributed by atoms with Crippen molar-refractivity contribution in [1.82, 2.24) is 9.97 Å². The minimum Gasteiger partial charge on any atom is -0.507 e. The zero-order valence-corrected chi connectivity index (χ0v) is 15.0. The number of phenols is 1. The molecule has 0 aliphatic carbocycles. The normalized spacial score (nSPS) is 13.0. The number of hydrogen-bond donors (Lipinski definition) is 2. The van der Waals surface area contributed by atoms with Crippen LogP contribution >= 0.6 is 11.6 Å². The Labute approximate surface area is 156 Å². The first kappa shape index (κ1) is 18.1. The average molecular weight is 372 g/mol. The highest BCUT2D eigenvalue weighted by atomic mass is 35.5. The van der Waals surface area contributed by atoms with Crippen molar-refractivity contribution in [3.63, 3.8) is 0 Å². The lowest BCUT2D eigenvalue weighted by atomic mass is 10.0. The molecule has 0 fully saturated rings. The average Bonchev–Trinajstić information content (AvgIpc) is 3.11. The number of nitrogens with one attached hydrogen (secondary N) is 1. The lowest BCUT2D eigenvalue weighted by Gasteiger charge is -2.13. The van der Waals surface area contributed by atoms with E-state index in [-0.39, 0.29) is 11.8 Å². The molecule has 0 aliphatic rings. The fourth-order valence-corrected chi connectivity index (χ4v) is 2.90. The second-order valence-electron chi connectivity index (χ2n) is 6.17. The molecule has 1 atom stereocenters. The molecule has 0 saturated heterocycles. The summed E-state index contributed by atoms with van der Waals surface area (Å²) < 4.78 is 13.7. The number of nitrogens with zero attached hydrogens (tertiary/aromatic N) is 2. The summed E-state index contributed by atoms with van der Waals surface area (Å²) in [6, 6.07) is 11.2. The smallest absolute Gasteiger partial charge is 0.124 e. The molecule has 2 N–H and O–H groups in total. The van der Waals surface area contributed by atoms with Crippen molar-refractivity contribution < 1.29 is 9.50 Å². The maximum atomic E-state index is 13.7. The molecule has 2 aromatic carbocycles. The first-order valence-corrected chi connectivity index (χ1v) is 8.66. The number of H-pyrrole nitrogens is 1. The Kier molecular flexibility index (Phi) is 5.68. The number of imidazole rings is 1. The van der Waals surface area contributed by atoms with Crippen LogP contribution in [0.3, 0.4) is 0 Å². The predicted octanol–water partition coefficient (Wildman–Crippen LogP) is 4.57. The van der Waals surface area contributed by atoms with E-state index < -0.39 is 5.82 Å². The number of rotatable bonds is 6. The van der Waals surface area contributed by atoms with Gasteiger partial charge in [0.1, 0.15) is 11.6 Å². The topological polar surface area (TPSA) is 61.3 Å². The lowest BCUT2D eigenvalue weighted by Crippen LogP contribution is -2.13. The van der Waals surface area contributed by atoms with Gasteiger partial charge in [-0.1, -0.05) is 23.7 Å². The minimum absolute atomic E-state index is 0.00727. The van der Waals surface area contributed by atoms with Gasteiger partial charge in [0.15, 0.2) is 0 Å². The Morgan fingerprint density at radius 1 is 1.27 bits per heavy atom. The highest BCUT2D eigenvalue weighted by Crippen LogP contribution is 2.22. The SMILES string of the molecule is C[C@H](Cc1cnc[nH]1)N=C(Cc1ccc(Cl)cc1)c1cc(F)ccc1O. The number of hydrogen-bond acceptors (Lipinski definition) is 3. The van der Waals surface area contributed by atoms with E-state index in [1.807, 2.05) is 19.1 Å². The van der Waals surface area contributed by atoms with E-state index in [1.165, 1.54) is 18.2 Å². The number of aromatic amines is 1. The summed E-state index contributed by atoms with van der Waals surface area (Å²) in [7, 11) is 0. The molecule has 0 bridgehead atoms. The highest BCUT2D eigenvalue weighted by Gasteiger charge is 2.14. The van der Waals surface area contributed by atoms with Crippen LogP contribution in [0.2, 0.25) is 5.02 Å². The highest BCUT2D eigenvalue weighted by molar-refractivity contribution is 6.30. The second kappa shape index (κ2) is 8.15. The van der Waals surface area contributed by atoms with Crippen molar-refractivity contribution in [2.75, 3.05) is 0 Å². The maximum absolute atomic E-state index is 13.7. The Bertz CT molecular complexity index is 892. The van der Waals surface area contributed by atoms with Gasteiger partial charge in [-0.3, -0.25) is 4.99 Å². The molecular formula is C20H19ClFN3O. The van der Waals surface area contributed by atoms with Gasteiger partial charge in [-0.25, -0.2) is 9.37 Å². The molecule has 26 heavy (non-hydrogen) atoms. The third-order valence-corrected chi connectivity index (χ3v) is 4.25. The van der Waals surface area contributed by atoms with Crippen LogP contribution < -0.4 is 0 Å². The van der Waals surface area contributed by atoms with E-state index in [1.54, 1.807) is 24.7 Å². The molecule has 0 unspecified atom stereocenters. The van der Waals surface area contributed by atoms with Gasteiger partial charge in [0.05, 0.1) is 18.1 Å². The largest absolute Gasteiger partial charge is 0.507 e. The van der Waals surface area contributed by atoms with Gasteiger partial charge >= 0.3 is 0 Å².